The van der Waals surface area contributed by atoms with Gasteiger partial charge in [0.25, 0.3) is 5.91 Å². The van der Waals surface area contributed by atoms with E-state index in [0.717, 1.165) is 38.2 Å². The van der Waals surface area contributed by atoms with Gasteiger partial charge in [-0.3, -0.25) is 14.9 Å². The number of benzene rings is 1. The second kappa shape index (κ2) is 5.75. The summed E-state index contributed by atoms with van der Waals surface area (Å²) in [5.41, 5.74) is -2.33. The fourth-order valence-corrected chi connectivity index (χ4v) is 2.68. The lowest BCUT2D eigenvalue weighted by atomic mass is 9.83. The Bertz CT molecular complexity index is 584. The molecule has 0 heterocycles. The van der Waals surface area contributed by atoms with Crippen LogP contribution in [0.5, 0.6) is 0 Å². The Morgan fingerprint density at radius 2 is 1.90 bits per heavy atom. The van der Waals surface area contributed by atoms with Crippen molar-refractivity contribution in [1.29, 1.82) is 0 Å². The number of amides is 1. The fourth-order valence-electron chi connectivity index (χ4n) is 2.68. The average molecular weight is 298 g/mol. The molecule has 1 aromatic rings. The van der Waals surface area contributed by atoms with Gasteiger partial charge in [-0.05, 0) is 25.8 Å². The molecule has 5 nitrogen and oxygen atoms in total. The minimum Gasteiger partial charge on any atom is -0.347 e. The number of nitro groups is 1. The van der Waals surface area contributed by atoms with Gasteiger partial charge in [-0.2, -0.15) is 4.39 Å². The van der Waals surface area contributed by atoms with Crippen molar-refractivity contribution in [3.8, 4) is 0 Å². The molecule has 0 radical (unpaired) electrons. The lowest BCUT2D eigenvalue weighted by Gasteiger charge is -2.34. The lowest BCUT2D eigenvalue weighted by Crippen LogP contribution is -2.47. The van der Waals surface area contributed by atoms with Crippen molar-refractivity contribution in [2.75, 3.05) is 0 Å². The highest BCUT2D eigenvalue weighted by atomic mass is 19.1. The van der Waals surface area contributed by atoms with Gasteiger partial charge in [-0.1, -0.05) is 19.3 Å². The molecular weight excluding hydrogens is 282 g/mol. The van der Waals surface area contributed by atoms with Crippen LogP contribution in [0.15, 0.2) is 12.1 Å². The lowest BCUT2D eigenvalue weighted by molar-refractivity contribution is -0.387. The highest BCUT2D eigenvalue weighted by Crippen LogP contribution is 2.29. The topological polar surface area (TPSA) is 72.2 Å². The van der Waals surface area contributed by atoms with Gasteiger partial charge in [0.15, 0.2) is 0 Å². The van der Waals surface area contributed by atoms with Crippen LogP contribution < -0.4 is 5.32 Å². The molecule has 0 aromatic heterocycles. The summed E-state index contributed by atoms with van der Waals surface area (Å²) in [6.07, 6.45) is 4.35. The van der Waals surface area contributed by atoms with Crippen LogP contribution in [0.1, 0.15) is 49.4 Å². The summed E-state index contributed by atoms with van der Waals surface area (Å²) in [6, 6.07) is 1.45. The maximum Gasteiger partial charge on any atom is 0.305 e. The van der Waals surface area contributed by atoms with E-state index in [4.69, 9.17) is 0 Å². The highest BCUT2D eigenvalue weighted by Gasteiger charge is 2.32. The zero-order chi connectivity index (χ0) is 15.6. The molecule has 1 amide bonds. The number of carbonyl (C=O) groups is 1. The molecule has 1 aliphatic carbocycles. The summed E-state index contributed by atoms with van der Waals surface area (Å²) in [7, 11) is 0. The van der Waals surface area contributed by atoms with Gasteiger partial charge in [0.05, 0.1) is 4.92 Å². The van der Waals surface area contributed by atoms with Crippen molar-refractivity contribution in [3.05, 3.63) is 39.4 Å². The second-order valence-corrected chi connectivity index (χ2v) is 5.59. The molecule has 0 spiro atoms. The second-order valence-electron chi connectivity index (χ2n) is 5.59. The minimum atomic E-state index is -1.43. The highest BCUT2D eigenvalue weighted by molar-refractivity contribution is 5.96. The van der Waals surface area contributed by atoms with Gasteiger partial charge >= 0.3 is 5.69 Å². The van der Waals surface area contributed by atoms with Crippen LogP contribution in [0.25, 0.3) is 0 Å². The molecule has 1 N–H and O–H groups in total. The number of hydrogen-bond acceptors (Lipinski definition) is 3. The van der Waals surface area contributed by atoms with Crippen LogP contribution in [0, 0.1) is 21.7 Å². The van der Waals surface area contributed by atoms with E-state index in [1.165, 1.54) is 0 Å². The van der Waals surface area contributed by atoms with Crippen molar-refractivity contribution in [2.45, 2.75) is 44.6 Å². The Hall–Kier alpha value is -2.05. The van der Waals surface area contributed by atoms with E-state index >= 15 is 0 Å². The van der Waals surface area contributed by atoms with Gasteiger partial charge in [0.2, 0.25) is 5.82 Å². The van der Waals surface area contributed by atoms with Crippen LogP contribution in [0.4, 0.5) is 14.5 Å². The summed E-state index contributed by atoms with van der Waals surface area (Å²) < 4.78 is 27.7. The van der Waals surface area contributed by atoms with E-state index in [2.05, 4.69) is 5.32 Å². The average Bonchev–Trinajstić information content (AvgIpc) is 2.38. The molecule has 0 aliphatic heterocycles. The Balaban J connectivity index is 2.30. The number of nitrogens with one attached hydrogen (secondary N) is 1. The zero-order valence-corrected chi connectivity index (χ0v) is 11.6. The van der Waals surface area contributed by atoms with Crippen molar-refractivity contribution < 1.29 is 18.5 Å². The minimum absolute atomic E-state index is 0.529. The van der Waals surface area contributed by atoms with Gasteiger partial charge in [0, 0.05) is 11.6 Å². The van der Waals surface area contributed by atoms with Crippen LogP contribution in [0.3, 0.4) is 0 Å². The third kappa shape index (κ3) is 3.17. The molecule has 0 atom stereocenters. The quantitative estimate of drug-likeness (QED) is 0.687. The molecule has 1 saturated carbocycles. The molecule has 114 valence electrons. The van der Waals surface area contributed by atoms with Crippen LogP contribution >= 0.6 is 0 Å². The van der Waals surface area contributed by atoms with Crippen LogP contribution in [-0.4, -0.2) is 16.4 Å². The Labute approximate surface area is 120 Å². The third-order valence-corrected chi connectivity index (χ3v) is 3.87. The first kappa shape index (κ1) is 15.3. The van der Waals surface area contributed by atoms with Gasteiger partial charge in [-0.15, -0.1) is 0 Å². The van der Waals surface area contributed by atoms with Gasteiger partial charge in [0.1, 0.15) is 11.4 Å². The third-order valence-electron chi connectivity index (χ3n) is 3.87. The maximum atomic E-state index is 14.0. The maximum absolute atomic E-state index is 14.0. The first-order valence-corrected chi connectivity index (χ1v) is 6.79. The summed E-state index contributed by atoms with van der Waals surface area (Å²) in [6.45, 7) is 1.82. The molecule has 7 heteroatoms. The molecule has 21 heavy (non-hydrogen) atoms. The predicted molar refractivity (Wildman–Crippen MR) is 72.0 cm³/mol. The molecule has 1 fully saturated rings. The number of hydrogen-bond donors (Lipinski definition) is 1. The standard InChI is InChI=1S/C14H16F2N2O3/c1-14(7-3-2-4-8-14)17-13(19)11-9(15)5-6-10(12(11)16)18(20)21/h5-6H,2-4,7-8H2,1H3,(H,17,19). The van der Waals surface area contributed by atoms with Crippen molar-refractivity contribution in [3.63, 3.8) is 0 Å². The summed E-state index contributed by atoms with van der Waals surface area (Å²) in [4.78, 5) is 21.8. The van der Waals surface area contributed by atoms with Gasteiger partial charge < -0.3 is 5.32 Å². The fraction of sp³-hybridized carbons (Fsp3) is 0.500. The number of nitrogens with zero attached hydrogens (tertiary/aromatic N) is 1. The van der Waals surface area contributed by atoms with Crippen molar-refractivity contribution >= 4 is 11.6 Å². The molecule has 1 aliphatic rings. The molecule has 0 saturated heterocycles. The van der Waals surface area contributed by atoms with Crippen LogP contribution in [-0.2, 0) is 0 Å². The number of nitro benzene ring substituents is 1. The SMILES string of the molecule is CC1(NC(=O)c2c(F)ccc([N+](=O)[O-])c2F)CCCCC1. The molecule has 0 unspecified atom stereocenters. The predicted octanol–water partition coefficient (Wildman–Crippen LogP) is 3.33. The van der Waals surface area contributed by atoms with Crippen LogP contribution in [0.2, 0.25) is 0 Å². The molecule has 2 rings (SSSR count). The summed E-state index contributed by atoms with van der Waals surface area (Å²) >= 11 is 0. The largest absolute Gasteiger partial charge is 0.347 e. The summed E-state index contributed by atoms with van der Waals surface area (Å²) in [5, 5.41) is 13.3. The van der Waals surface area contributed by atoms with E-state index in [1.54, 1.807) is 0 Å². The van der Waals surface area contributed by atoms with E-state index in [-0.39, 0.29) is 0 Å². The van der Waals surface area contributed by atoms with E-state index in [0.29, 0.717) is 6.07 Å². The number of rotatable bonds is 3. The van der Waals surface area contributed by atoms with Crippen molar-refractivity contribution in [2.24, 2.45) is 0 Å². The number of carbonyl (C=O) groups excluding carboxylic acids is 1. The monoisotopic (exact) mass is 298 g/mol. The number of halogens is 2. The zero-order valence-electron chi connectivity index (χ0n) is 11.6. The van der Waals surface area contributed by atoms with Crippen molar-refractivity contribution in [1.82, 2.24) is 5.32 Å². The first-order valence-electron chi connectivity index (χ1n) is 6.79. The molecule has 0 bridgehead atoms. The van der Waals surface area contributed by atoms with Gasteiger partial charge in [-0.25, -0.2) is 4.39 Å². The van der Waals surface area contributed by atoms with E-state index in [1.807, 2.05) is 6.92 Å². The smallest absolute Gasteiger partial charge is 0.305 e. The Morgan fingerprint density at radius 3 is 2.48 bits per heavy atom. The Kier molecular flexibility index (Phi) is 4.20. The summed E-state index contributed by atoms with van der Waals surface area (Å²) in [5.74, 6) is -3.48. The first-order chi connectivity index (χ1) is 9.84. The van der Waals surface area contributed by atoms with E-state index in [9.17, 15) is 23.7 Å². The Morgan fingerprint density at radius 1 is 1.29 bits per heavy atom. The normalized spacial score (nSPS) is 17.3. The van der Waals surface area contributed by atoms with E-state index < -0.39 is 39.3 Å². The molecular formula is C14H16F2N2O3. The molecule has 1 aromatic carbocycles.